The predicted octanol–water partition coefficient (Wildman–Crippen LogP) is 1.85. The van der Waals surface area contributed by atoms with E-state index >= 15 is 0 Å². The molecule has 58 valence electrons. The third kappa shape index (κ3) is 1.06. The van der Waals surface area contributed by atoms with E-state index in [-0.39, 0.29) is 5.82 Å². The fourth-order valence-electron chi connectivity index (χ4n) is 0.960. The Morgan fingerprint density at radius 1 is 1.27 bits per heavy atom. The number of hydrogen-bond acceptors (Lipinski definition) is 3. The Morgan fingerprint density at radius 3 is 2.91 bits per heavy atom. The summed E-state index contributed by atoms with van der Waals surface area (Å²) < 4.78 is 13.7. The fourth-order valence-corrected chi connectivity index (χ4v) is 1.39. The Bertz CT molecular complexity index is 302. The molecule has 0 spiro atoms. The smallest absolute Gasteiger partial charge is 0.150 e. The number of nitrogens with one attached hydrogen (secondary N) is 3. The van der Waals surface area contributed by atoms with Gasteiger partial charge in [-0.05, 0) is 12.1 Å². The van der Waals surface area contributed by atoms with Crippen LogP contribution in [0.4, 0.5) is 15.8 Å². The summed E-state index contributed by atoms with van der Waals surface area (Å²) in [6, 6.07) is 3.19. The highest BCUT2D eigenvalue weighted by Crippen LogP contribution is 2.30. The molecule has 2 rings (SSSR count). The van der Waals surface area contributed by atoms with Crippen LogP contribution in [0.2, 0.25) is 0 Å². The van der Waals surface area contributed by atoms with Crippen molar-refractivity contribution in [3.8, 4) is 0 Å². The molecule has 3 N–H and O–H groups in total. The molecule has 1 heterocycles. The van der Waals surface area contributed by atoms with Gasteiger partial charge in [0.25, 0.3) is 0 Å². The summed E-state index contributed by atoms with van der Waals surface area (Å²) in [5, 5.41) is 0. The van der Waals surface area contributed by atoms with Gasteiger partial charge in [-0.15, -0.1) is 5.53 Å². The number of hydrogen-bond donors (Lipinski definition) is 3. The minimum absolute atomic E-state index is 0.285. The van der Waals surface area contributed by atoms with Gasteiger partial charge < -0.3 is 5.43 Å². The van der Waals surface area contributed by atoms with Crippen molar-refractivity contribution in [2.75, 3.05) is 10.9 Å². The van der Waals surface area contributed by atoms with Crippen molar-refractivity contribution in [3.63, 3.8) is 0 Å². The van der Waals surface area contributed by atoms with E-state index in [0.717, 1.165) is 0 Å². The topological polar surface area (TPSA) is 36.1 Å². The lowest BCUT2D eigenvalue weighted by atomic mass is 10.3. The molecule has 3 nitrogen and oxygen atoms in total. The molecular formula is C6H5BrFN3. The molecule has 11 heavy (non-hydrogen) atoms. The summed E-state index contributed by atoms with van der Waals surface area (Å²) in [4.78, 5) is 0. The van der Waals surface area contributed by atoms with E-state index in [1.54, 1.807) is 6.07 Å². The molecule has 0 saturated carbocycles. The first kappa shape index (κ1) is 6.87. The third-order valence-corrected chi connectivity index (χ3v) is 1.90. The first-order valence-corrected chi connectivity index (χ1v) is 3.83. The van der Waals surface area contributed by atoms with E-state index in [2.05, 4.69) is 32.3 Å². The van der Waals surface area contributed by atoms with Crippen molar-refractivity contribution >= 4 is 27.3 Å². The molecular weight excluding hydrogens is 213 g/mol. The van der Waals surface area contributed by atoms with Crippen LogP contribution in [0.5, 0.6) is 0 Å². The van der Waals surface area contributed by atoms with Gasteiger partial charge >= 0.3 is 0 Å². The zero-order valence-electron chi connectivity index (χ0n) is 5.41. The zero-order valence-corrected chi connectivity index (χ0v) is 7.00. The predicted molar refractivity (Wildman–Crippen MR) is 44.5 cm³/mol. The second kappa shape index (κ2) is 2.35. The highest BCUT2D eigenvalue weighted by molar-refractivity contribution is 9.10. The third-order valence-electron chi connectivity index (χ3n) is 1.44. The van der Waals surface area contributed by atoms with Crippen LogP contribution in [0.3, 0.4) is 0 Å². The van der Waals surface area contributed by atoms with Crippen molar-refractivity contribution in [1.29, 1.82) is 0 Å². The van der Waals surface area contributed by atoms with Crippen LogP contribution in [0.15, 0.2) is 16.6 Å². The SMILES string of the molecule is Fc1cc(Br)cc2c1NNN2. The molecule has 0 aromatic heterocycles. The second-order valence-electron chi connectivity index (χ2n) is 2.19. The summed E-state index contributed by atoms with van der Waals surface area (Å²) in [7, 11) is 0. The van der Waals surface area contributed by atoms with Crippen molar-refractivity contribution in [1.82, 2.24) is 5.53 Å². The van der Waals surface area contributed by atoms with Gasteiger partial charge in [0.15, 0.2) is 5.82 Å². The van der Waals surface area contributed by atoms with Crippen LogP contribution in [-0.2, 0) is 0 Å². The van der Waals surface area contributed by atoms with E-state index in [1.807, 2.05) is 0 Å². The van der Waals surface area contributed by atoms with Crippen LogP contribution in [0.25, 0.3) is 0 Å². The lowest BCUT2D eigenvalue weighted by Crippen LogP contribution is -2.19. The molecule has 1 aromatic rings. The molecule has 0 saturated heterocycles. The van der Waals surface area contributed by atoms with Crippen molar-refractivity contribution in [3.05, 3.63) is 22.4 Å². The van der Waals surface area contributed by atoms with Crippen LogP contribution in [-0.4, -0.2) is 0 Å². The van der Waals surface area contributed by atoms with Gasteiger partial charge in [0.05, 0.1) is 5.69 Å². The van der Waals surface area contributed by atoms with Crippen molar-refractivity contribution in [2.45, 2.75) is 0 Å². The van der Waals surface area contributed by atoms with E-state index in [1.165, 1.54) is 6.07 Å². The van der Waals surface area contributed by atoms with Gasteiger partial charge in [0.2, 0.25) is 0 Å². The summed E-state index contributed by atoms with van der Waals surface area (Å²) in [5.74, 6) is -0.285. The molecule has 5 heteroatoms. The lowest BCUT2D eigenvalue weighted by Gasteiger charge is -1.98. The van der Waals surface area contributed by atoms with Gasteiger partial charge in [-0.1, -0.05) is 15.9 Å². The lowest BCUT2D eigenvalue weighted by molar-refractivity contribution is 0.631. The molecule has 1 aliphatic heterocycles. The Hall–Kier alpha value is -0.810. The Labute approximate surface area is 71.0 Å². The molecule has 0 atom stereocenters. The second-order valence-corrected chi connectivity index (χ2v) is 3.10. The van der Waals surface area contributed by atoms with Gasteiger partial charge in [-0.25, -0.2) is 4.39 Å². The first-order valence-electron chi connectivity index (χ1n) is 3.03. The highest BCUT2D eigenvalue weighted by Gasteiger charge is 2.13. The minimum atomic E-state index is -0.285. The Kier molecular flexibility index (Phi) is 1.47. The molecule has 1 aromatic carbocycles. The largest absolute Gasteiger partial charge is 0.302 e. The van der Waals surface area contributed by atoms with E-state index in [9.17, 15) is 4.39 Å². The van der Waals surface area contributed by atoms with Crippen LogP contribution < -0.4 is 16.4 Å². The highest BCUT2D eigenvalue weighted by atomic mass is 79.9. The summed E-state index contributed by atoms with van der Waals surface area (Å²) in [6.45, 7) is 0. The fraction of sp³-hybridized carbons (Fsp3) is 0. The Balaban J connectivity index is 2.60. The van der Waals surface area contributed by atoms with Crippen molar-refractivity contribution in [2.24, 2.45) is 0 Å². The molecule has 0 unspecified atom stereocenters. The maximum atomic E-state index is 13.0. The van der Waals surface area contributed by atoms with E-state index in [0.29, 0.717) is 15.8 Å². The molecule has 0 radical (unpaired) electrons. The standard InChI is InChI=1S/C6H5BrFN3/c7-3-1-4(8)6-5(2-3)9-11-10-6/h1-2,9-11H. The van der Waals surface area contributed by atoms with E-state index < -0.39 is 0 Å². The maximum Gasteiger partial charge on any atom is 0.150 e. The van der Waals surface area contributed by atoms with Gasteiger partial charge in [0.1, 0.15) is 5.69 Å². The average Bonchev–Trinajstić information content (AvgIpc) is 2.34. The molecule has 0 fully saturated rings. The van der Waals surface area contributed by atoms with Gasteiger partial charge in [0, 0.05) is 4.47 Å². The van der Waals surface area contributed by atoms with Crippen LogP contribution >= 0.6 is 15.9 Å². The molecule has 0 amide bonds. The Morgan fingerprint density at radius 2 is 2.09 bits per heavy atom. The summed E-state index contributed by atoms with van der Waals surface area (Å²) >= 11 is 3.18. The molecule has 0 aliphatic carbocycles. The normalized spacial score (nSPS) is 13.6. The number of fused-ring (bicyclic) bond motifs is 1. The summed E-state index contributed by atoms with van der Waals surface area (Å²) in [6.07, 6.45) is 0. The summed E-state index contributed by atoms with van der Waals surface area (Å²) in [5.41, 5.74) is 9.14. The first-order chi connectivity index (χ1) is 5.27. The van der Waals surface area contributed by atoms with Crippen LogP contribution in [0, 0.1) is 5.82 Å². The zero-order chi connectivity index (χ0) is 7.84. The van der Waals surface area contributed by atoms with E-state index in [4.69, 9.17) is 0 Å². The molecule has 0 bridgehead atoms. The number of hydrazine groups is 2. The van der Waals surface area contributed by atoms with Gasteiger partial charge in [-0.2, -0.15) is 0 Å². The maximum absolute atomic E-state index is 13.0. The van der Waals surface area contributed by atoms with Crippen LogP contribution in [0.1, 0.15) is 0 Å². The minimum Gasteiger partial charge on any atom is -0.302 e. The number of halogens is 2. The van der Waals surface area contributed by atoms with Crippen molar-refractivity contribution < 1.29 is 4.39 Å². The monoisotopic (exact) mass is 217 g/mol. The number of anilines is 2. The average molecular weight is 218 g/mol. The van der Waals surface area contributed by atoms with Gasteiger partial charge in [-0.3, -0.25) is 5.43 Å². The number of rotatable bonds is 0. The number of benzene rings is 1. The molecule has 1 aliphatic rings. The quantitative estimate of drug-likeness (QED) is 0.621.